The van der Waals surface area contributed by atoms with Gasteiger partial charge in [0.15, 0.2) is 5.13 Å². The molecule has 0 radical (unpaired) electrons. The van der Waals surface area contributed by atoms with Crippen LogP contribution in [0.4, 0.5) is 5.13 Å². The summed E-state index contributed by atoms with van der Waals surface area (Å²) in [5, 5.41) is 12.1. The lowest BCUT2D eigenvalue weighted by molar-refractivity contribution is -0.132. The van der Waals surface area contributed by atoms with Crippen molar-refractivity contribution in [3.05, 3.63) is 93.6 Å². The topological polar surface area (TPSA) is 79.7 Å². The smallest absolute Gasteiger partial charge is 0.301 e. The van der Waals surface area contributed by atoms with Crippen molar-refractivity contribution in [3.8, 4) is 5.75 Å². The lowest BCUT2D eigenvalue weighted by Gasteiger charge is -2.24. The van der Waals surface area contributed by atoms with E-state index in [4.69, 9.17) is 9.72 Å². The zero-order valence-electron chi connectivity index (χ0n) is 23.5. The Hall–Kier alpha value is -3.97. The third kappa shape index (κ3) is 4.29. The first-order valence-electron chi connectivity index (χ1n) is 13.5. The van der Waals surface area contributed by atoms with E-state index in [1.54, 1.807) is 6.07 Å². The number of fused-ring (bicyclic) bond motifs is 2. The van der Waals surface area contributed by atoms with Gasteiger partial charge in [-0.2, -0.15) is 0 Å². The fourth-order valence-electron chi connectivity index (χ4n) is 5.70. The molecule has 6 rings (SSSR count). The number of aryl methyl sites for hydroxylation is 2. The predicted molar refractivity (Wildman–Crippen MR) is 159 cm³/mol. The van der Waals surface area contributed by atoms with Gasteiger partial charge in [-0.15, -0.1) is 0 Å². The van der Waals surface area contributed by atoms with Gasteiger partial charge in [-0.3, -0.25) is 14.5 Å². The summed E-state index contributed by atoms with van der Waals surface area (Å²) < 4.78 is 6.77. The minimum absolute atomic E-state index is 0.0467. The summed E-state index contributed by atoms with van der Waals surface area (Å²) in [7, 11) is 0. The Bertz CT molecular complexity index is 1730. The summed E-state index contributed by atoms with van der Waals surface area (Å²) in [5.74, 6) is -0.835. The van der Waals surface area contributed by atoms with Crippen LogP contribution >= 0.6 is 11.3 Å². The predicted octanol–water partition coefficient (Wildman–Crippen LogP) is 7.16. The fraction of sp³-hybridized carbons (Fsp3) is 0.303. The van der Waals surface area contributed by atoms with E-state index in [1.165, 1.54) is 16.2 Å². The third-order valence-electron chi connectivity index (χ3n) is 7.73. The van der Waals surface area contributed by atoms with Crippen LogP contribution in [0.2, 0.25) is 0 Å². The van der Waals surface area contributed by atoms with Gasteiger partial charge in [-0.25, -0.2) is 4.98 Å². The number of Topliss-reactive ketones (excluding diaryl/α,β-unsaturated/α-hetero) is 1. The average Bonchev–Trinajstić information content (AvgIpc) is 3.56. The summed E-state index contributed by atoms with van der Waals surface area (Å²) in [5.41, 5.74) is 6.24. The summed E-state index contributed by atoms with van der Waals surface area (Å²) in [6, 6.07) is 16.6. The number of ether oxygens (including phenoxy) is 1. The summed E-state index contributed by atoms with van der Waals surface area (Å²) in [6.45, 7) is 12.4. The Morgan fingerprint density at radius 3 is 2.48 bits per heavy atom. The molecule has 2 aliphatic rings. The Morgan fingerprint density at radius 2 is 1.77 bits per heavy atom. The number of carbonyl (C=O) groups is 2. The average molecular weight is 553 g/mol. The fourth-order valence-corrected chi connectivity index (χ4v) is 6.87. The molecule has 1 saturated heterocycles. The van der Waals surface area contributed by atoms with Crippen LogP contribution in [0.3, 0.4) is 0 Å². The largest absolute Gasteiger partial charge is 0.507 e. The molecule has 2 atom stereocenters. The number of thiazole rings is 1. The van der Waals surface area contributed by atoms with Crippen molar-refractivity contribution in [2.45, 2.75) is 65.5 Å². The monoisotopic (exact) mass is 552 g/mol. The first-order valence-corrected chi connectivity index (χ1v) is 14.3. The number of anilines is 1. The molecule has 1 N–H and O–H groups in total. The van der Waals surface area contributed by atoms with E-state index in [0.29, 0.717) is 17.1 Å². The van der Waals surface area contributed by atoms with Crippen LogP contribution in [0.1, 0.15) is 67.1 Å². The van der Waals surface area contributed by atoms with Gasteiger partial charge in [-0.05, 0) is 78.3 Å². The van der Waals surface area contributed by atoms with E-state index in [1.807, 2.05) is 63.2 Å². The summed E-state index contributed by atoms with van der Waals surface area (Å²) >= 11 is 1.38. The maximum atomic E-state index is 13.7. The van der Waals surface area contributed by atoms with E-state index in [9.17, 15) is 14.7 Å². The van der Waals surface area contributed by atoms with Gasteiger partial charge < -0.3 is 9.84 Å². The van der Waals surface area contributed by atoms with E-state index < -0.39 is 17.7 Å². The van der Waals surface area contributed by atoms with Gasteiger partial charge >= 0.3 is 5.91 Å². The Morgan fingerprint density at radius 1 is 1.05 bits per heavy atom. The number of benzene rings is 3. The first kappa shape index (κ1) is 26.3. The minimum Gasteiger partial charge on any atom is -0.507 e. The number of amides is 1. The maximum Gasteiger partial charge on any atom is 0.301 e. The first-order chi connectivity index (χ1) is 18.9. The van der Waals surface area contributed by atoms with Gasteiger partial charge in [0.2, 0.25) is 0 Å². The van der Waals surface area contributed by atoms with E-state index in [-0.39, 0.29) is 22.9 Å². The number of carbonyl (C=O) groups excluding carboxylic acids is 2. The number of nitrogens with zero attached hydrogens (tertiary/aromatic N) is 2. The molecule has 0 spiro atoms. The van der Waals surface area contributed by atoms with Crippen molar-refractivity contribution >= 4 is 44.1 Å². The zero-order valence-corrected chi connectivity index (χ0v) is 24.3. The van der Waals surface area contributed by atoms with Gasteiger partial charge in [0.1, 0.15) is 17.6 Å². The summed E-state index contributed by atoms with van der Waals surface area (Å²) in [6.07, 6.45) is 0.762. The number of aliphatic hydroxyl groups excluding tert-OH is 1. The van der Waals surface area contributed by atoms with E-state index in [2.05, 4.69) is 26.8 Å². The Balaban J connectivity index is 1.54. The van der Waals surface area contributed by atoms with Crippen molar-refractivity contribution in [1.82, 2.24) is 4.98 Å². The molecule has 0 saturated carbocycles. The molecule has 204 valence electrons. The quantitative estimate of drug-likeness (QED) is 0.166. The van der Waals surface area contributed by atoms with Gasteiger partial charge in [-0.1, -0.05) is 62.4 Å². The number of rotatable bonds is 3. The van der Waals surface area contributed by atoms with Crippen LogP contribution in [0.15, 0.2) is 60.2 Å². The lowest BCUT2D eigenvalue weighted by atomic mass is 9.85. The van der Waals surface area contributed by atoms with Crippen molar-refractivity contribution < 1.29 is 19.4 Å². The third-order valence-corrected chi connectivity index (χ3v) is 8.73. The van der Waals surface area contributed by atoms with Gasteiger partial charge in [0.25, 0.3) is 5.78 Å². The molecule has 2 aliphatic heterocycles. The molecule has 0 aliphatic carbocycles. The highest BCUT2D eigenvalue weighted by Crippen LogP contribution is 2.45. The van der Waals surface area contributed by atoms with Crippen molar-refractivity contribution in [3.63, 3.8) is 0 Å². The number of ketones is 1. The van der Waals surface area contributed by atoms with Crippen LogP contribution in [0.25, 0.3) is 16.0 Å². The highest BCUT2D eigenvalue weighted by molar-refractivity contribution is 7.22. The standard InChI is InChI=1S/C33H32N2O4S/c1-17-13-18(2)27-25(14-17)40-32(34-27)35-28(20-7-10-23(11-8-20)33(4,5)6)26(30(37)31(35)38)29(36)21-9-12-24-22(16-21)15-19(3)39-24/h7-14,16,19,28,36H,15H2,1-6H3/t19-,28+/m0/s1. The highest BCUT2D eigenvalue weighted by atomic mass is 32.1. The molecule has 3 heterocycles. The molecule has 40 heavy (non-hydrogen) atoms. The maximum absolute atomic E-state index is 13.7. The number of aromatic nitrogens is 1. The van der Waals surface area contributed by atoms with Crippen LogP contribution in [0.5, 0.6) is 5.75 Å². The molecule has 3 aromatic carbocycles. The molecule has 1 fully saturated rings. The van der Waals surface area contributed by atoms with E-state index in [0.717, 1.165) is 43.8 Å². The molecular formula is C33H32N2O4S. The van der Waals surface area contributed by atoms with Crippen molar-refractivity contribution in [2.75, 3.05) is 4.90 Å². The van der Waals surface area contributed by atoms with Crippen LogP contribution in [-0.2, 0) is 21.4 Å². The van der Waals surface area contributed by atoms with E-state index >= 15 is 0 Å². The minimum atomic E-state index is -0.820. The Kier molecular flexibility index (Phi) is 6.11. The van der Waals surface area contributed by atoms with Crippen molar-refractivity contribution in [2.24, 2.45) is 0 Å². The van der Waals surface area contributed by atoms with Gasteiger partial charge in [0, 0.05) is 12.0 Å². The molecule has 7 heteroatoms. The second-order valence-electron chi connectivity index (χ2n) is 11.9. The van der Waals surface area contributed by atoms with Gasteiger partial charge in [0.05, 0.1) is 21.8 Å². The highest BCUT2D eigenvalue weighted by Gasteiger charge is 2.48. The number of hydrogen-bond donors (Lipinski definition) is 1. The second kappa shape index (κ2) is 9.30. The SMILES string of the molecule is Cc1cc(C)c2nc(N3C(=O)C(=O)C(=C(O)c4ccc5c(c4)C[C@H](C)O5)[C@H]3c3ccc(C(C)(C)C)cc3)sc2c1. The molecule has 0 unspecified atom stereocenters. The summed E-state index contributed by atoms with van der Waals surface area (Å²) in [4.78, 5) is 33.7. The van der Waals surface area contributed by atoms with Crippen molar-refractivity contribution in [1.29, 1.82) is 0 Å². The molecule has 4 aromatic rings. The number of aliphatic hydroxyl groups is 1. The Labute approximate surface area is 237 Å². The molecule has 1 aromatic heterocycles. The zero-order chi connectivity index (χ0) is 28.5. The second-order valence-corrected chi connectivity index (χ2v) is 12.9. The molecule has 1 amide bonds. The number of hydrogen-bond acceptors (Lipinski definition) is 6. The normalized spacial score (nSPS) is 20.3. The molecule has 6 nitrogen and oxygen atoms in total. The molecular weight excluding hydrogens is 520 g/mol. The van der Waals surface area contributed by atoms with Crippen LogP contribution in [0, 0.1) is 13.8 Å². The molecule has 0 bridgehead atoms. The van der Waals surface area contributed by atoms with Crippen LogP contribution < -0.4 is 9.64 Å². The van der Waals surface area contributed by atoms with Crippen LogP contribution in [-0.4, -0.2) is 27.9 Å². The lowest BCUT2D eigenvalue weighted by Crippen LogP contribution is -2.29.